The van der Waals surface area contributed by atoms with E-state index >= 15 is 0 Å². The highest BCUT2D eigenvalue weighted by molar-refractivity contribution is 6.30. The Morgan fingerprint density at radius 1 is 1.10 bits per heavy atom. The number of halogens is 1. The fourth-order valence-electron chi connectivity index (χ4n) is 3.27. The number of fused-ring (bicyclic) bond motifs is 3. The van der Waals surface area contributed by atoms with Crippen molar-refractivity contribution in [3.8, 4) is 0 Å². The van der Waals surface area contributed by atoms with E-state index in [1.807, 2.05) is 53.4 Å². The van der Waals surface area contributed by atoms with Gasteiger partial charge >= 0.3 is 0 Å². The molecule has 2 aliphatic heterocycles. The van der Waals surface area contributed by atoms with Gasteiger partial charge in [-0.05, 0) is 18.6 Å². The van der Waals surface area contributed by atoms with Crippen molar-refractivity contribution in [3.05, 3.63) is 70.2 Å². The molecular formula is C17H15ClN2O. The molecule has 0 saturated heterocycles. The fraction of sp³-hybridized carbons (Fsp3) is 0.235. The first-order valence-electron chi connectivity index (χ1n) is 7.11. The first-order chi connectivity index (χ1) is 10.2. The minimum Gasteiger partial charge on any atom is -0.363 e. The molecule has 2 aromatic carbocycles. The number of amidine groups is 1. The summed E-state index contributed by atoms with van der Waals surface area (Å²) < 4.78 is 0. The Bertz CT molecular complexity index is 726. The molecule has 0 bridgehead atoms. The minimum absolute atomic E-state index is 0.668. The largest absolute Gasteiger partial charge is 0.363 e. The topological polar surface area (TPSA) is 35.8 Å². The average Bonchev–Trinajstić information content (AvgIpc) is 2.80. The lowest BCUT2D eigenvalue weighted by Gasteiger charge is -2.37. The third-order valence-corrected chi connectivity index (χ3v) is 4.49. The molecule has 4 rings (SSSR count). The predicted molar refractivity (Wildman–Crippen MR) is 83.6 cm³/mol. The molecule has 4 heteroatoms. The maximum absolute atomic E-state index is 11.5. The fourth-order valence-corrected chi connectivity index (χ4v) is 3.40. The van der Waals surface area contributed by atoms with Crippen LogP contribution in [0, 0.1) is 0 Å². The number of hydrogen-bond donors (Lipinski definition) is 1. The molecule has 1 atom stereocenters. The lowest BCUT2D eigenvalue weighted by atomic mass is 9.94. The Morgan fingerprint density at radius 2 is 1.86 bits per heavy atom. The molecule has 21 heavy (non-hydrogen) atoms. The van der Waals surface area contributed by atoms with Gasteiger partial charge in [0.25, 0.3) is 0 Å². The number of aliphatic hydroxyl groups is 1. The van der Waals surface area contributed by atoms with Crippen molar-refractivity contribution in [2.75, 3.05) is 13.1 Å². The summed E-state index contributed by atoms with van der Waals surface area (Å²) in [7, 11) is 0. The molecule has 0 amide bonds. The number of rotatable bonds is 1. The molecule has 1 N–H and O–H groups in total. The normalized spacial score (nSPS) is 23.5. The second-order valence-electron chi connectivity index (χ2n) is 5.44. The SMILES string of the molecule is O[C@]1(c2ccc(Cl)cc2)c2ccccc2C2=NCCCN21. The summed E-state index contributed by atoms with van der Waals surface area (Å²) in [5, 5.41) is 12.2. The predicted octanol–water partition coefficient (Wildman–Crippen LogP) is 3.00. The zero-order valence-corrected chi connectivity index (χ0v) is 12.2. The molecule has 0 spiro atoms. The van der Waals surface area contributed by atoms with E-state index in [2.05, 4.69) is 4.99 Å². The molecule has 2 aromatic rings. The van der Waals surface area contributed by atoms with E-state index in [9.17, 15) is 5.11 Å². The molecule has 0 aliphatic carbocycles. The summed E-state index contributed by atoms with van der Waals surface area (Å²) in [6, 6.07) is 15.4. The van der Waals surface area contributed by atoms with Gasteiger partial charge in [0, 0.05) is 34.8 Å². The Balaban J connectivity index is 1.96. The quantitative estimate of drug-likeness (QED) is 0.878. The van der Waals surface area contributed by atoms with Crippen LogP contribution in [0.25, 0.3) is 0 Å². The second-order valence-corrected chi connectivity index (χ2v) is 5.87. The zero-order chi connectivity index (χ0) is 14.4. The molecule has 0 fully saturated rings. The van der Waals surface area contributed by atoms with Crippen LogP contribution in [0.1, 0.15) is 23.1 Å². The van der Waals surface area contributed by atoms with Gasteiger partial charge in [-0.2, -0.15) is 0 Å². The summed E-state index contributed by atoms with van der Waals surface area (Å²) in [6.45, 7) is 1.61. The summed E-state index contributed by atoms with van der Waals surface area (Å²) in [4.78, 5) is 6.63. The van der Waals surface area contributed by atoms with E-state index in [4.69, 9.17) is 11.6 Å². The summed E-state index contributed by atoms with van der Waals surface area (Å²) in [6.07, 6.45) is 0.952. The van der Waals surface area contributed by atoms with Gasteiger partial charge in [0.1, 0.15) is 5.84 Å². The van der Waals surface area contributed by atoms with Crippen molar-refractivity contribution in [2.45, 2.75) is 12.1 Å². The van der Waals surface area contributed by atoms with E-state index in [-0.39, 0.29) is 0 Å². The van der Waals surface area contributed by atoms with Crippen LogP contribution in [0.3, 0.4) is 0 Å². The first kappa shape index (κ1) is 12.9. The van der Waals surface area contributed by atoms with Gasteiger partial charge in [-0.3, -0.25) is 4.99 Å². The van der Waals surface area contributed by atoms with Gasteiger partial charge in [-0.25, -0.2) is 0 Å². The van der Waals surface area contributed by atoms with Crippen LogP contribution in [0.15, 0.2) is 53.5 Å². The zero-order valence-electron chi connectivity index (χ0n) is 11.5. The summed E-state index contributed by atoms with van der Waals surface area (Å²) in [5.74, 6) is 0.898. The third-order valence-electron chi connectivity index (χ3n) is 4.24. The van der Waals surface area contributed by atoms with Crippen LogP contribution in [0.5, 0.6) is 0 Å². The van der Waals surface area contributed by atoms with E-state index in [0.717, 1.165) is 42.0 Å². The highest BCUT2D eigenvalue weighted by Crippen LogP contribution is 2.43. The number of hydrogen-bond acceptors (Lipinski definition) is 3. The van der Waals surface area contributed by atoms with Gasteiger partial charge in [-0.15, -0.1) is 0 Å². The average molecular weight is 299 g/mol. The highest BCUT2D eigenvalue weighted by Gasteiger charge is 2.48. The maximum Gasteiger partial charge on any atom is 0.193 e. The smallest absolute Gasteiger partial charge is 0.193 e. The standard InChI is InChI=1S/C17H15ClN2O/c18-13-8-6-12(7-9-13)17(21)15-5-2-1-4-14(15)16-19-10-3-11-20(16)17/h1-2,4-9,21H,3,10-11H2/t17-/m1/s1. The van der Waals surface area contributed by atoms with Crippen LogP contribution < -0.4 is 0 Å². The van der Waals surface area contributed by atoms with Gasteiger partial charge < -0.3 is 10.0 Å². The summed E-state index contributed by atoms with van der Waals surface area (Å²) >= 11 is 5.98. The monoisotopic (exact) mass is 298 g/mol. The van der Waals surface area contributed by atoms with Gasteiger partial charge in [-0.1, -0.05) is 48.0 Å². The highest BCUT2D eigenvalue weighted by atomic mass is 35.5. The van der Waals surface area contributed by atoms with Crippen molar-refractivity contribution in [1.82, 2.24) is 4.90 Å². The Labute approximate surface area is 128 Å². The van der Waals surface area contributed by atoms with Crippen LogP contribution in [-0.4, -0.2) is 28.9 Å². The molecule has 0 aromatic heterocycles. The minimum atomic E-state index is -1.15. The van der Waals surface area contributed by atoms with Crippen LogP contribution in [-0.2, 0) is 5.72 Å². The second kappa shape index (κ2) is 4.58. The molecule has 0 radical (unpaired) electrons. The molecule has 3 nitrogen and oxygen atoms in total. The summed E-state index contributed by atoms with van der Waals surface area (Å²) in [5.41, 5.74) is 1.59. The molecule has 106 valence electrons. The van der Waals surface area contributed by atoms with Gasteiger partial charge in [0.2, 0.25) is 0 Å². The number of benzene rings is 2. The van der Waals surface area contributed by atoms with Crippen molar-refractivity contribution in [1.29, 1.82) is 0 Å². The molecule has 0 saturated carbocycles. The lowest BCUT2D eigenvalue weighted by Crippen LogP contribution is -2.47. The maximum atomic E-state index is 11.5. The Kier molecular flexibility index (Phi) is 2.81. The third kappa shape index (κ3) is 1.74. The molecular weight excluding hydrogens is 284 g/mol. The van der Waals surface area contributed by atoms with Crippen molar-refractivity contribution in [3.63, 3.8) is 0 Å². The molecule has 2 aliphatic rings. The van der Waals surface area contributed by atoms with Crippen molar-refractivity contribution >= 4 is 17.4 Å². The number of nitrogens with zero attached hydrogens (tertiary/aromatic N) is 2. The van der Waals surface area contributed by atoms with Gasteiger partial charge in [0.15, 0.2) is 5.72 Å². The van der Waals surface area contributed by atoms with Gasteiger partial charge in [0.05, 0.1) is 0 Å². The molecule has 2 heterocycles. The lowest BCUT2D eigenvalue weighted by molar-refractivity contribution is -0.0317. The van der Waals surface area contributed by atoms with E-state index in [1.54, 1.807) is 0 Å². The van der Waals surface area contributed by atoms with Crippen LogP contribution in [0.2, 0.25) is 5.02 Å². The Morgan fingerprint density at radius 3 is 2.67 bits per heavy atom. The van der Waals surface area contributed by atoms with E-state index < -0.39 is 5.72 Å². The Hall–Kier alpha value is -1.84. The van der Waals surface area contributed by atoms with Crippen molar-refractivity contribution in [2.24, 2.45) is 4.99 Å². The van der Waals surface area contributed by atoms with E-state index in [0.29, 0.717) is 5.02 Å². The molecule has 0 unspecified atom stereocenters. The van der Waals surface area contributed by atoms with E-state index in [1.165, 1.54) is 0 Å². The number of aliphatic imine (C=N–C) groups is 1. The first-order valence-corrected chi connectivity index (χ1v) is 7.49. The van der Waals surface area contributed by atoms with Crippen molar-refractivity contribution < 1.29 is 5.11 Å². The van der Waals surface area contributed by atoms with Crippen LogP contribution in [0.4, 0.5) is 0 Å². The van der Waals surface area contributed by atoms with Crippen LogP contribution >= 0.6 is 11.6 Å².